The van der Waals surface area contributed by atoms with Gasteiger partial charge in [-0.05, 0) is 48.1 Å². The zero-order chi connectivity index (χ0) is 18.8. The predicted octanol–water partition coefficient (Wildman–Crippen LogP) is 2.40. The molecule has 1 aromatic carbocycles. The molecule has 2 heterocycles. The molecule has 2 aliphatic rings. The summed E-state index contributed by atoms with van der Waals surface area (Å²) in [5.41, 5.74) is 0.936. The summed E-state index contributed by atoms with van der Waals surface area (Å²) in [6.45, 7) is 0.763. The molecular formula is C18H22ClN5O3. The number of tetrazole rings is 1. The maximum absolute atomic E-state index is 13.0. The number of hydrogen-bond donors (Lipinski definition) is 1. The molecule has 1 saturated heterocycles. The zero-order valence-corrected chi connectivity index (χ0v) is 15.9. The molecule has 1 aliphatic heterocycles. The van der Waals surface area contributed by atoms with Crippen molar-refractivity contribution in [2.24, 2.45) is 5.92 Å². The van der Waals surface area contributed by atoms with Crippen LogP contribution in [0.5, 0.6) is 5.75 Å². The number of aromatic nitrogens is 4. The Morgan fingerprint density at radius 1 is 1.37 bits per heavy atom. The number of benzene rings is 1. The topological polar surface area (TPSA) is 91.2 Å². The second-order valence-corrected chi connectivity index (χ2v) is 7.41. The highest BCUT2D eigenvalue weighted by Gasteiger charge is 2.37. The number of halogens is 1. The monoisotopic (exact) mass is 391 g/mol. The largest absolute Gasteiger partial charge is 0.496 e. The molecule has 2 unspecified atom stereocenters. The van der Waals surface area contributed by atoms with E-state index < -0.39 is 0 Å². The van der Waals surface area contributed by atoms with Crippen molar-refractivity contribution >= 4 is 17.5 Å². The molecule has 4 rings (SSSR count). The van der Waals surface area contributed by atoms with Crippen LogP contribution in [0, 0.1) is 5.92 Å². The van der Waals surface area contributed by atoms with Crippen LogP contribution >= 0.6 is 11.6 Å². The van der Waals surface area contributed by atoms with Crippen molar-refractivity contribution in [1.29, 1.82) is 0 Å². The Bertz CT molecular complexity index is 804. The smallest absolute Gasteiger partial charge is 0.255 e. The molecule has 27 heavy (non-hydrogen) atoms. The van der Waals surface area contributed by atoms with Crippen molar-refractivity contribution in [2.45, 2.75) is 44.2 Å². The highest BCUT2D eigenvalue weighted by Crippen LogP contribution is 2.35. The van der Waals surface area contributed by atoms with Crippen LogP contribution in [-0.4, -0.2) is 52.0 Å². The zero-order valence-electron chi connectivity index (χ0n) is 15.1. The van der Waals surface area contributed by atoms with Gasteiger partial charge in [0.25, 0.3) is 5.91 Å². The number of methoxy groups -OCH3 is 1. The minimum absolute atomic E-state index is 0.0245. The SMILES string of the molecule is COc1cc(-n2cnnn2)c(Cl)cc1C(=O)NC(C1CCC1)C1CCCO1. The Hall–Kier alpha value is -2.19. The van der Waals surface area contributed by atoms with Gasteiger partial charge in [-0.3, -0.25) is 4.79 Å². The molecule has 2 fully saturated rings. The molecule has 0 bridgehead atoms. The number of nitrogens with zero attached hydrogens (tertiary/aromatic N) is 4. The molecule has 1 aliphatic carbocycles. The van der Waals surface area contributed by atoms with E-state index in [9.17, 15) is 4.79 Å². The molecule has 1 N–H and O–H groups in total. The van der Waals surface area contributed by atoms with Gasteiger partial charge in [-0.15, -0.1) is 5.10 Å². The van der Waals surface area contributed by atoms with Gasteiger partial charge in [-0.1, -0.05) is 18.0 Å². The van der Waals surface area contributed by atoms with Crippen molar-refractivity contribution in [3.63, 3.8) is 0 Å². The van der Waals surface area contributed by atoms with Crippen LogP contribution in [0.1, 0.15) is 42.5 Å². The van der Waals surface area contributed by atoms with Crippen molar-refractivity contribution in [2.75, 3.05) is 13.7 Å². The van der Waals surface area contributed by atoms with Gasteiger partial charge < -0.3 is 14.8 Å². The van der Waals surface area contributed by atoms with Crippen LogP contribution in [0.15, 0.2) is 18.5 Å². The van der Waals surface area contributed by atoms with Crippen LogP contribution in [0.2, 0.25) is 5.02 Å². The Balaban J connectivity index is 1.59. The quantitative estimate of drug-likeness (QED) is 0.813. The lowest BCUT2D eigenvalue weighted by Crippen LogP contribution is -2.50. The average molecular weight is 392 g/mol. The van der Waals surface area contributed by atoms with E-state index in [4.69, 9.17) is 21.1 Å². The fourth-order valence-corrected chi connectivity index (χ4v) is 4.01. The van der Waals surface area contributed by atoms with Crippen LogP contribution in [0.4, 0.5) is 0 Å². The molecular weight excluding hydrogens is 370 g/mol. The lowest BCUT2D eigenvalue weighted by atomic mass is 9.77. The normalized spacial score (nSPS) is 20.9. The first-order chi connectivity index (χ1) is 13.2. The number of hydrogen-bond acceptors (Lipinski definition) is 6. The van der Waals surface area contributed by atoms with E-state index in [0.29, 0.717) is 27.9 Å². The maximum Gasteiger partial charge on any atom is 0.255 e. The second kappa shape index (κ2) is 7.82. The van der Waals surface area contributed by atoms with Crippen LogP contribution in [0.25, 0.3) is 5.69 Å². The summed E-state index contributed by atoms with van der Waals surface area (Å²) in [5, 5.41) is 14.6. The molecule has 144 valence electrons. The van der Waals surface area contributed by atoms with Gasteiger partial charge in [0.2, 0.25) is 0 Å². The van der Waals surface area contributed by atoms with E-state index in [-0.39, 0.29) is 18.1 Å². The summed E-state index contributed by atoms with van der Waals surface area (Å²) in [6.07, 6.45) is 7.00. The van der Waals surface area contributed by atoms with Gasteiger partial charge in [0.15, 0.2) is 0 Å². The fourth-order valence-electron chi connectivity index (χ4n) is 3.76. The maximum atomic E-state index is 13.0. The molecule has 8 nitrogen and oxygen atoms in total. The molecule has 1 aromatic heterocycles. The van der Waals surface area contributed by atoms with E-state index in [2.05, 4.69) is 20.8 Å². The van der Waals surface area contributed by atoms with Gasteiger partial charge in [0, 0.05) is 12.7 Å². The van der Waals surface area contributed by atoms with Gasteiger partial charge >= 0.3 is 0 Å². The van der Waals surface area contributed by atoms with Crippen molar-refractivity contribution < 1.29 is 14.3 Å². The lowest BCUT2D eigenvalue weighted by molar-refractivity contribution is 0.0369. The van der Waals surface area contributed by atoms with Crippen molar-refractivity contribution in [1.82, 2.24) is 25.5 Å². The Kier molecular flexibility index (Phi) is 5.27. The lowest BCUT2D eigenvalue weighted by Gasteiger charge is -2.37. The third-order valence-electron chi connectivity index (χ3n) is 5.43. The molecule has 2 aromatic rings. The average Bonchev–Trinajstić information content (AvgIpc) is 3.33. The second-order valence-electron chi connectivity index (χ2n) is 7.00. The summed E-state index contributed by atoms with van der Waals surface area (Å²) in [4.78, 5) is 13.0. The fraction of sp³-hybridized carbons (Fsp3) is 0.556. The summed E-state index contributed by atoms with van der Waals surface area (Å²) < 4.78 is 12.7. The Labute approximate surface area is 162 Å². The summed E-state index contributed by atoms with van der Waals surface area (Å²) >= 11 is 6.38. The number of carbonyl (C=O) groups excluding carboxylic acids is 1. The number of nitrogens with one attached hydrogen (secondary N) is 1. The Morgan fingerprint density at radius 3 is 2.81 bits per heavy atom. The predicted molar refractivity (Wildman–Crippen MR) is 98.3 cm³/mol. The molecule has 1 saturated carbocycles. The number of rotatable bonds is 6. The molecule has 2 atom stereocenters. The summed E-state index contributed by atoms with van der Waals surface area (Å²) in [7, 11) is 1.52. The van der Waals surface area contributed by atoms with Crippen LogP contribution in [-0.2, 0) is 4.74 Å². The summed E-state index contributed by atoms with van der Waals surface area (Å²) in [6, 6.07) is 3.29. The standard InChI is InChI=1S/C18H22ClN5O3/c1-26-16-9-14(24-10-20-22-23-24)13(19)8-12(16)18(25)21-17(11-4-2-5-11)15-6-3-7-27-15/h8-11,15,17H,2-7H2,1H3,(H,21,25). The van der Waals surface area contributed by atoms with E-state index in [1.807, 2.05) is 0 Å². The van der Waals surface area contributed by atoms with E-state index >= 15 is 0 Å². The number of ether oxygens (including phenoxy) is 2. The van der Waals surface area contributed by atoms with Crippen molar-refractivity contribution in [3.8, 4) is 11.4 Å². The van der Waals surface area contributed by atoms with Crippen LogP contribution < -0.4 is 10.1 Å². The number of carbonyl (C=O) groups is 1. The van der Waals surface area contributed by atoms with Gasteiger partial charge in [0.1, 0.15) is 12.1 Å². The van der Waals surface area contributed by atoms with Gasteiger partial charge in [0.05, 0.1) is 35.5 Å². The minimum Gasteiger partial charge on any atom is -0.496 e. The third-order valence-corrected chi connectivity index (χ3v) is 5.73. The number of amides is 1. The molecule has 9 heteroatoms. The third kappa shape index (κ3) is 3.64. The van der Waals surface area contributed by atoms with E-state index in [1.54, 1.807) is 12.1 Å². The molecule has 0 spiro atoms. The Morgan fingerprint density at radius 2 is 2.22 bits per heavy atom. The first-order valence-corrected chi connectivity index (χ1v) is 9.58. The first-order valence-electron chi connectivity index (χ1n) is 9.20. The van der Waals surface area contributed by atoms with Gasteiger partial charge in [-0.25, -0.2) is 0 Å². The van der Waals surface area contributed by atoms with Crippen LogP contribution in [0.3, 0.4) is 0 Å². The van der Waals surface area contributed by atoms with E-state index in [0.717, 1.165) is 32.3 Å². The highest BCUT2D eigenvalue weighted by molar-refractivity contribution is 6.33. The highest BCUT2D eigenvalue weighted by atomic mass is 35.5. The van der Waals surface area contributed by atoms with Crippen molar-refractivity contribution in [3.05, 3.63) is 29.0 Å². The molecule has 0 radical (unpaired) electrons. The van der Waals surface area contributed by atoms with Gasteiger partial charge in [-0.2, -0.15) is 4.68 Å². The van der Waals surface area contributed by atoms with E-state index in [1.165, 1.54) is 24.5 Å². The molecule has 1 amide bonds. The minimum atomic E-state index is -0.204. The summed E-state index contributed by atoms with van der Waals surface area (Å²) in [5.74, 6) is 0.686. The first kappa shape index (κ1) is 18.2.